The summed E-state index contributed by atoms with van der Waals surface area (Å²) in [6, 6.07) is 8.43. The number of benzene rings is 1. The van der Waals surface area contributed by atoms with Crippen molar-refractivity contribution in [3.63, 3.8) is 0 Å². The highest BCUT2D eigenvalue weighted by Gasteiger charge is 2.22. The Balaban J connectivity index is 2.59. The molecular formula is C27H39N3O3. The smallest absolute Gasteiger partial charge is 0.308 e. The summed E-state index contributed by atoms with van der Waals surface area (Å²) >= 11 is 0. The molecule has 1 aromatic carbocycles. The van der Waals surface area contributed by atoms with Gasteiger partial charge in [0.05, 0.1) is 5.69 Å². The van der Waals surface area contributed by atoms with Crippen LogP contribution in [0, 0.1) is 19.8 Å². The normalized spacial score (nSPS) is 12.9. The number of aromatic nitrogens is 2. The lowest BCUT2D eigenvalue weighted by Gasteiger charge is -2.20. The van der Waals surface area contributed by atoms with E-state index < -0.39 is 0 Å². The second kappa shape index (κ2) is 11.3. The van der Waals surface area contributed by atoms with Gasteiger partial charge in [-0.3, -0.25) is 14.5 Å². The Kier molecular flexibility index (Phi) is 9.03. The van der Waals surface area contributed by atoms with Gasteiger partial charge in [0.25, 0.3) is 0 Å². The quantitative estimate of drug-likeness (QED) is 0.204. The van der Waals surface area contributed by atoms with E-state index in [2.05, 4.69) is 55.1 Å². The highest BCUT2D eigenvalue weighted by molar-refractivity contribution is 6.18. The number of carbonyl (C=O) groups excluding carboxylic acids is 1. The third-order valence-electron chi connectivity index (χ3n) is 5.50. The molecule has 0 aliphatic rings. The number of hydrogen-bond donors (Lipinski definition) is 0. The molecule has 0 bridgehead atoms. The first kappa shape index (κ1) is 26.4. The summed E-state index contributed by atoms with van der Waals surface area (Å²) in [7, 11) is 1.74. The Bertz CT molecular complexity index is 1010. The van der Waals surface area contributed by atoms with Gasteiger partial charge in [0, 0.05) is 37.4 Å². The number of allylic oxidation sites excluding steroid dienone is 1. The maximum atomic E-state index is 12.1. The summed E-state index contributed by atoms with van der Waals surface area (Å²) in [5.74, 6) is 0.547. The third-order valence-corrected chi connectivity index (χ3v) is 5.50. The van der Waals surface area contributed by atoms with Crippen LogP contribution in [-0.4, -0.2) is 35.8 Å². The van der Waals surface area contributed by atoms with Crippen molar-refractivity contribution in [2.45, 2.75) is 73.8 Å². The second-order valence-corrected chi connectivity index (χ2v) is 9.71. The van der Waals surface area contributed by atoms with Crippen LogP contribution in [0.3, 0.4) is 0 Å². The van der Waals surface area contributed by atoms with Crippen LogP contribution < -0.4 is 0 Å². The van der Waals surface area contributed by atoms with Crippen molar-refractivity contribution in [2.24, 2.45) is 10.9 Å². The molecule has 0 saturated heterocycles. The molecule has 2 rings (SSSR count). The molecule has 6 nitrogen and oxygen atoms in total. The molecule has 0 saturated carbocycles. The fourth-order valence-corrected chi connectivity index (χ4v) is 3.55. The lowest BCUT2D eigenvalue weighted by molar-refractivity contribution is -0.152. The van der Waals surface area contributed by atoms with Gasteiger partial charge in [-0.2, -0.15) is 5.10 Å². The van der Waals surface area contributed by atoms with Crippen LogP contribution in [0.1, 0.15) is 76.0 Å². The monoisotopic (exact) mass is 453 g/mol. The summed E-state index contributed by atoms with van der Waals surface area (Å²) in [5, 5.41) is 4.66. The Morgan fingerprint density at radius 2 is 1.79 bits per heavy atom. The minimum Gasteiger partial charge on any atom is -0.454 e. The molecule has 0 N–H and O–H groups in total. The molecule has 1 aromatic heterocycles. The number of ether oxygens (including phenoxy) is 2. The molecule has 0 spiro atoms. The van der Waals surface area contributed by atoms with Crippen molar-refractivity contribution < 1.29 is 14.3 Å². The van der Waals surface area contributed by atoms with Crippen molar-refractivity contribution in [3.8, 4) is 0 Å². The lowest BCUT2D eigenvalue weighted by atomic mass is 9.86. The fourth-order valence-electron chi connectivity index (χ4n) is 3.55. The van der Waals surface area contributed by atoms with Crippen molar-refractivity contribution >= 4 is 23.5 Å². The summed E-state index contributed by atoms with van der Waals surface area (Å²) in [6.45, 7) is 17.1. The number of aliphatic imine (C=N–C) groups is 1. The van der Waals surface area contributed by atoms with Gasteiger partial charge in [-0.25, -0.2) is 0 Å². The SMILES string of the molecule is CCn1nc(C)c(C)c1/C(OCOC(=O)CC(C)C)=C(\C=NC)c1ccc(C(C)(C)C)cc1. The van der Waals surface area contributed by atoms with Gasteiger partial charge in [-0.05, 0) is 43.2 Å². The molecule has 0 aliphatic carbocycles. The number of aryl methyl sites for hydroxylation is 2. The van der Waals surface area contributed by atoms with Gasteiger partial charge in [0.2, 0.25) is 6.79 Å². The van der Waals surface area contributed by atoms with E-state index >= 15 is 0 Å². The first-order valence-electron chi connectivity index (χ1n) is 11.6. The topological polar surface area (TPSA) is 65.7 Å². The molecule has 0 unspecified atom stereocenters. The van der Waals surface area contributed by atoms with E-state index in [4.69, 9.17) is 9.47 Å². The Morgan fingerprint density at radius 1 is 1.15 bits per heavy atom. The summed E-state index contributed by atoms with van der Waals surface area (Å²) < 4.78 is 13.5. The molecule has 1 heterocycles. The number of rotatable bonds is 9. The third kappa shape index (κ3) is 6.80. The first-order chi connectivity index (χ1) is 15.5. The predicted octanol–water partition coefficient (Wildman–Crippen LogP) is 5.95. The highest BCUT2D eigenvalue weighted by atomic mass is 16.7. The summed E-state index contributed by atoms with van der Waals surface area (Å²) in [4.78, 5) is 16.4. The van der Waals surface area contributed by atoms with Crippen LogP contribution in [-0.2, 0) is 26.2 Å². The van der Waals surface area contributed by atoms with E-state index in [0.29, 0.717) is 18.7 Å². The Labute approximate surface area is 198 Å². The van der Waals surface area contributed by atoms with E-state index in [9.17, 15) is 4.79 Å². The highest BCUT2D eigenvalue weighted by Crippen LogP contribution is 2.31. The van der Waals surface area contributed by atoms with Crippen molar-refractivity contribution in [3.05, 3.63) is 52.3 Å². The minimum absolute atomic E-state index is 0.0553. The van der Waals surface area contributed by atoms with Gasteiger partial charge < -0.3 is 9.47 Å². The van der Waals surface area contributed by atoms with Crippen LogP contribution in [0.5, 0.6) is 0 Å². The zero-order valence-corrected chi connectivity index (χ0v) is 21.7. The fraction of sp³-hybridized carbons (Fsp3) is 0.519. The molecule has 0 radical (unpaired) electrons. The largest absolute Gasteiger partial charge is 0.454 e. The molecule has 6 heteroatoms. The zero-order valence-electron chi connectivity index (χ0n) is 21.7. The van der Waals surface area contributed by atoms with E-state index in [-0.39, 0.29) is 24.1 Å². The predicted molar refractivity (Wildman–Crippen MR) is 135 cm³/mol. The standard InChI is InChI=1S/C27H39N3O3/c1-10-30-25(19(4)20(5)29-30)26(33-17-32-24(31)15-18(2)3)23(16-28-9)21-11-13-22(14-12-21)27(6,7)8/h11-14,16,18H,10,15,17H2,1-9H3/b26-23-,28-16?. The van der Waals surface area contributed by atoms with Gasteiger partial charge in [0.1, 0.15) is 5.69 Å². The summed E-state index contributed by atoms with van der Waals surface area (Å²) in [5.41, 5.74) is 5.90. The average molecular weight is 454 g/mol. The minimum atomic E-state index is -0.276. The van der Waals surface area contributed by atoms with E-state index in [1.165, 1.54) is 5.56 Å². The molecule has 0 aliphatic heterocycles. The van der Waals surface area contributed by atoms with Gasteiger partial charge in [-0.15, -0.1) is 0 Å². The van der Waals surface area contributed by atoms with E-state index in [1.54, 1.807) is 13.3 Å². The Morgan fingerprint density at radius 3 is 2.30 bits per heavy atom. The maximum Gasteiger partial charge on any atom is 0.308 e. The zero-order chi connectivity index (χ0) is 24.8. The average Bonchev–Trinajstić information content (AvgIpc) is 3.02. The lowest BCUT2D eigenvalue weighted by Crippen LogP contribution is -2.13. The van der Waals surface area contributed by atoms with Crippen molar-refractivity contribution in [1.82, 2.24) is 9.78 Å². The molecule has 0 amide bonds. The number of nitrogens with zero attached hydrogens (tertiary/aromatic N) is 3. The van der Waals surface area contributed by atoms with Crippen LogP contribution in [0.25, 0.3) is 11.3 Å². The first-order valence-corrected chi connectivity index (χ1v) is 11.6. The maximum absolute atomic E-state index is 12.1. The van der Waals surface area contributed by atoms with Crippen LogP contribution in [0.15, 0.2) is 29.3 Å². The number of hydrogen-bond acceptors (Lipinski definition) is 5. The second-order valence-electron chi connectivity index (χ2n) is 9.71. The van der Waals surface area contributed by atoms with Crippen molar-refractivity contribution in [1.29, 1.82) is 0 Å². The molecule has 180 valence electrons. The molecular weight excluding hydrogens is 414 g/mol. The van der Waals surface area contributed by atoms with E-state index in [1.807, 2.05) is 39.3 Å². The van der Waals surface area contributed by atoms with Crippen LogP contribution >= 0.6 is 0 Å². The van der Waals surface area contributed by atoms with Gasteiger partial charge in [-0.1, -0.05) is 58.9 Å². The Hall–Kier alpha value is -2.89. The number of carbonyl (C=O) groups is 1. The van der Waals surface area contributed by atoms with Crippen LogP contribution in [0.4, 0.5) is 0 Å². The molecule has 0 atom stereocenters. The van der Waals surface area contributed by atoms with E-state index in [0.717, 1.165) is 28.1 Å². The molecule has 0 fully saturated rings. The van der Waals surface area contributed by atoms with Gasteiger partial charge in [0.15, 0.2) is 5.76 Å². The summed E-state index contributed by atoms with van der Waals surface area (Å²) in [6.07, 6.45) is 2.14. The molecule has 33 heavy (non-hydrogen) atoms. The molecule has 2 aromatic rings. The van der Waals surface area contributed by atoms with Crippen molar-refractivity contribution in [2.75, 3.05) is 13.8 Å². The number of esters is 1. The van der Waals surface area contributed by atoms with Gasteiger partial charge >= 0.3 is 5.97 Å². The van der Waals surface area contributed by atoms with Crippen LogP contribution in [0.2, 0.25) is 0 Å².